The minimum absolute atomic E-state index is 0.0319. The van der Waals surface area contributed by atoms with Gasteiger partial charge in [-0.2, -0.15) is 0 Å². The van der Waals surface area contributed by atoms with E-state index in [-0.39, 0.29) is 12.0 Å². The molecule has 0 N–H and O–H groups in total. The number of aromatic nitrogens is 1. The molecule has 5 nitrogen and oxygen atoms in total. The molecule has 1 fully saturated rings. The number of fused-ring (bicyclic) bond motifs is 1. The molecule has 2 aliphatic heterocycles. The maximum Gasteiger partial charge on any atom is 0.256 e. The number of amides is 1. The number of ether oxygens (including phenoxy) is 2. The van der Waals surface area contributed by atoms with Gasteiger partial charge in [0, 0.05) is 12.8 Å². The molecule has 1 aromatic rings. The number of nitrogens with zero attached hydrogens (tertiary/aromatic N) is 2. The zero-order valence-corrected chi connectivity index (χ0v) is 10.4. The van der Waals surface area contributed by atoms with Crippen LogP contribution in [0.2, 0.25) is 0 Å². The molecule has 0 radical (unpaired) electrons. The Morgan fingerprint density at radius 2 is 2.39 bits per heavy atom. The molecular weight excluding hydrogens is 232 g/mol. The van der Waals surface area contributed by atoms with E-state index in [1.165, 1.54) is 0 Å². The van der Waals surface area contributed by atoms with E-state index in [4.69, 9.17) is 9.47 Å². The highest BCUT2D eigenvalue weighted by atomic mass is 16.5. The quantitative estimate of drug-likeness (QED) is 0.751. The van der Waals surface area contributed by atoms with E-state index >= 15 is 0 Å². The van der Waals surface area contributed by atoms with Crippen molar-refractivity contribution in [2.45, 2.75) is 25.9 Å². The van der Waals surface area contributed by atoms with Gasteiger partial charge in [-0.15, -0.1) is 0 Å². The van der Waals surface area contributed by atoms with Crippen molar-refractivity contribution < 1.29 is 14.3 Å². The molecule has 1 aromatic heterocycles. The predicted molar refractivity (Wildman–Crippen MR) is 65.8 cm³/mol. The van der Waals surface area contributed by atoms with Crippen molar-refractivity contribution in [3.05, 3.63) is 17.8 Å². The van der Waals surface area contributed by atoms with Gasteiger partial charge in [-0.25, -0.2) is 4.98 Å². The Hall–Kier alpha value is -1.62. The first-order valence-electron chi connectivity index (χ1n) is 6.28. The van der Waals surface area contributed by atoms with Crippen LogP contribution >= 0.6 is 0 Å². The van der Waals surface area contributed by atoms with E-state index in [9.17, 15) is 4.79 Å². The number of aryl methyl sites for hydroxylation is 1. The second-order valence-corrected chi connectivity index (χ2v) is 4.68. The fraction of sp³-hybridized carbons (Fsp3) is 0.538. The third kappa shape index (κ3) is 1.95. The first-order valence-corrected chi connectivity index (χ1v) is 6.28. The van der Waals surface area contributed by atoms with Gasteiger partial charge in [-0.1, -0.05) is 0 Å². The van der Waals surface area contributed by atoms with Crippen LogP contribution in [0.25, 0.3) is 0 Å². The fourth-order valence-electron chi connectivity index (χ4n) is 2.38. The van der Waals surface area contributed by atoms with Crippen LogP contribution in [0.15, 0.2) is 12.3 Å². The second kappa shape index (κ2) is 4.57. The van der Waals surface area contributed by atoms with Crippen LogP contribution in [0.5, 0.6) is 5.88 Å². The molecule has 0 unspecified atom stereocenters. The number of hydrogen-bond donors (Lipinski definition) is 0. The minimum atomic E-state index is -0.295. The van der Waals surface area contributed by atoms with E-state index in [1.54, 1.807) is 11.1 Å². The summed E-state index contributed by atoms with van der Waals surface area (Å²) in [6.07, 6.45) is 3.22. The molecule has 5 heteroatoms. The molecule has 0 aliphatic carbocycles. The third-order valence-corrected chi connectivity index (χ3v) is 3.28. The van der Waals surface area contributed by atoms with E-state index in [2.05, 4.69) is 4.98 Å². The van der Waals surface area contributed by atoms with Crippen molar-refractivity contribution in [1.82, 2.24) is 4.98 Å². The Kier molecular flexibility index (Phi) is 2.91. The summed E-state index contributed by atoms with van der Waals surface area (Å²) in [7, 11) is 0. The summed E-state index contributed by atoms with van der Waals surface area (Å²) in [5.74, 6) is 0.572. The van der Waals surface area contributed by atoms with E-state index in [1.807, 2.05) is 13.0 Å². The molecule has 1 atom stereocenters. The number of carbonyl (C=O) groups is 1. The molecule has 96 valence electrons. The van der Waals surface area contributed by atoms with Gasteiger partial charge in [0.05, 0.1) is 6.54 Å². The highest BCUT2D eigenvalue weighted by Gasteiger charge is 2.32. The molecule has 18 heavy (non-hydrogen) atoms. The molecule has 3 heterocycles. The fourth-order valence-corrected chi connectivity index (χ4v) is 2.38. The second-order valence-electron chi connectivity index (χ2n) is 4.68. The maximum absolute atomic E-state index is 12.4. The maximum atomic E-state index is 12.4. The van der Waals surface area contributed by atoms with Gasteiger partial charge < -0.3 is 14.4 Å². The molecule has 0 spiro atoms. The van der Waals surface area contributed by atoms with Crippen LogP contribution in [-0.2, 0) is 9.53 Å². The van der Waals surface area contributed by atoms with Crippen molar-refractivity contribution in [3.8, 4) is 5.88 Å². The number of carbonyl (C=O) groups excluding carboxylic acids is 1. The lowest BCUT2D eigenvalue weighted by Crippen LogP contribution is -2.43. The summed E-state index contributed by atoms with van der Waals surface area (Å²) in [5.41, 5.74) is 1.78. The van der Waals surface area contributed by atoms with Crippen molar-refractivity contribution in [2.75, 3.05) is 24.7 Å². The Labute approximate surface area is 106 Å². The lowest BCUT2D eigenvalue weighted by Gasteiger charge is -2.30. The molecular formula is C13H16N2O3. The molecule has 0 aromatic carbocycles. The average molecular weight is 248 g/mol. The van der Waals surface area contributed by atoms with Crippen molar-refractivity contribution in [3.63, 3.8) is 0 Å². The summed E-state index contributed by atoms with van der Waals surface area (Å²) in [5, 5.41) is 0. The SMILES string of the molecule is Cc1cnc2c(c1)N(C(=O)[C@H]1CCCO1)CCO2. The smallest absolute Gasteiger partial charge is 0.256 e. The summed E-state index contributed by atoms with van der Waals surface area (Å²) in [6.45, 7) is 3.69. The Morgan fingerprint density at radius 3 is 3.17 bits per heavy atom. The van der Waals surface area contributed by atoms with Crippen LogP contribution in [0.4, 0.5) is 5.69 Å². The van der Waals surface area contributed by atoms with Crippen LogP contribution in [0.3, 0.4) is 0 Å². The highest BCUT2D eigenvalue weighted by Crippen LogP contribution is 2.31. The molecule has 3 rings (SSSR count). The summed E-state index contributed by atoms with van der Waals surface area (Å²) < 4.78 is 10.9. The van der Waals surface area contributed by atoms with Crippen molar-refractivity contribution in [1.29, 1.82) is 0 Å². The van der Waals surface area contributed by atoms with E-state index in [0.717, 1.165) is 24.1 Å². The topological polar surface area (TPSA) is 51.7 Å². The number of pyridine rings is 1. The number of hydrogen-bond acceptors (Lipinski definition) is 4. The molecule has 1 amide bonds. The molecule has 0 bridgehead atoms. The summed E-state index contributed by atoms with van der Waals surface area (Å²) >= 11 is 0. The van der Waals surface area contributed by atoms with Gasteiger partial charge in [-0.3, -0.25) is 4.79 Å². The van der Waals surface area contributed by atoms with Gasteiger partial charge >= 0.3 is 0 Å². The first kappa shape index (κ1) is 11.5. The normalized spacial score (nSPS) is 22.5. The zero-order chi connectivity index (χ0) is 12.5. The van der Waals surface area contributed by atoms with Gasteiger partial charge in [0.25, 0.3) is 5.91 Å². The van der Waals surface area contributed by atoms with E-state index in [0.29, 0.717) is 25.6 Å². The largest absolute Gasteiger partial charge is 0.474 e. The average Bonchev–Trinajstić information content (AvgIpc) is 2.91. The Balaban J connectivity index is 1.90. The summed E-state index contributed by atoms with van der Waals surface area (Å²) in [6, 6.07) is 1.94. The Bertz CT molecular complexity index is 469. The molecule has 2 aliphatic rings. The number of rotatable bonds is 1. The highest BCUT2D eigenvalue weighted by molar-refractivity contribution is 5.98. The lowest BCUT2D eigenvalue weighted by molar-refractivity contribution is -0.127. The van der Waals surface area contributed by atoms with Crippen molar-refractivity contribution in [2.24, 2.45) is 0 Å². The zero-order valence-electron chi connectivity index (χ0n) is 10.4. The van der Waals surface area contributed by atoms with Gasteiger partial charge in [0.2, 0.25) is 5.88 Å². The minimum Gasteiger partial charge on any atom is -0.474 e. The standard InChI is InChI=1S/C13H16N2O3/c1-9-7-10-12(14-8-9)18-6-4-15(10)13(16)11-3-2-5-17-11/h7-8,11H,2-6H2,1H3/t11-/m1/s1. The van der Waals surface area contributed by atoms with Crippen LogP contribution in [-0.4, -0.2) is 36.8 Å². The molecule has 1 saturated heterocycles. The predicted octanol–water partition coefficient (Wildman–Crippen LogP) is 1.29. The van der Waals surface area contributed by atoms with Gasteiger partial charge in [-0.05, 0) is 31.4 Å². The monoisotopic (exact) mass is 248 g/mol. The first-order chi connectivity index (χ1) is 8.75. The molecule has 0 saturated carbocycles. The summed E-state index contributed by atoms with van der Waals surface area (Å²) in [4.78, 5) is 18.4. The Morgan fingerprint density at radius 1 is 1.50 bits per heavy atom. The van der Waals surface area contributed by atoms with Gasteiger partial charge in [0.1, 0.15) is 18.4 Å². The number of anilines is 1. The van der Waals surface area contributed by atoms with E-state index < -0.39 is 0 Å². The van der Waals surface area contributed by atoms with Crippen molar-refractivity contribution >= 4 is 11.6 Å². The lowest BCUT2D eigenvalue weighted by atomic mass is 10.2. The van der Waals surface area contributed by atoms with Gasteiger partial charge in [0.15, 0.2) is 0 Å². The van der Waals surface area contributed by atoms with Crippen LogP contribution in [0, 0.1) is 6.92 Å². The third-order valence-electron chi connectivity index (χ3n) is 3.28. The van der Waals surface area contributed by atoms with Crippen LogP contribution in [0.1, 0.15) is 18.4 Å². The van der Waals surface area contributed by atoms with Crippen LogP contribution < -0.4 is 9.64 Å².